The molecular weight excluding hydrogens is 470 g/mol. The predicted molar refractivity (Wildman–Crippen MR) is 140 cm³/mol. The third-order valence-electron chi connectivity index (χ3n) is 6.43. The Bertz CT molecular complexity index is 1430. The molecule has 1 aromatic carbocycles. The van der Waals surface area contributed by atoms with Crippen LogP contribution in [0, 0.1) is 24.2 Å². The Morgan fingerprint density at radius 3 is 2.59 bits per heavy atom. The van der Waals surface area contributed by atoms with Crippen LogP contribution in [0.2, 0.25) is 0 Å². The van der Waals surface area contributed by atoms with Crippen molar-refractivity contribution in [1.82, 2.24) is 14.7 Å². The smallest absolute Gasteiger partial charge is 0.309 e. The van der Waals surface area contributed by atoms with Crippen LogP contribution in [0.3, 0.4) is 0 Å². The molecule has 0 aliphatic carbocycles. The first-order valence-electron chi connectivity index (χ1n) is 12.3. The van der Waals surface area contributed by atoms with Crippen molar-refractivity contribution in [3.05, 3.63) is 81.3 Å². The molecule has 4 rings (SSSR count). The lowest BCUT2D eigenvalue weighted by Gasteiger charge is -2.32. The fraction of sp³-hybridized carbons (Fsp3) is 0.321. The van der Waals surface area contributed by atoms with Gasteiger partial charge in [-0.3, -0.25) is 18.8 Å². The Morgan fingerprint density at radius 1 is 1.19 bits per heavy atom. The van der Waals surface area contributed by atoms with Crippen molar-refractivity contribution in [2.45, 2.75) is 33.2 Å². The number of anilines is 1. The predicted octanol–water partition coefficient (Wildman–Crippen LogP) is 3.01. The van der Waals surface area contributed by atoms with Gasteiger partial charge in [-0.15, -0.1) is 0 Å². The van der Waals surface area contributed by atoms with Crippen molar-refractivity contribution in [2.75, 3.05) is 24.6 Å². The molecule has 190 valence electrons. The molecule has 3 heterocycles. The van der Waals surface area contributed by atoms with Gasteiger partial charge in [0.05, 0.1) is 18.1 Å². The molecule has 1 fully saturated rings. The SMILES string of the molecule is CCOC(=O)C1CCN(c2nc3c(C)cccn3c(=O)c2/C=C(\C#N)C(=O)NCc2ccccc2)CC1. The summed E-state index contributed by atoms with van der Waals surface area (Å²) >= 11 is 0. The van der Waals surface area contributed by atoms with E-state index in [4.69, 9.17) is 9.72 Å². The number of carbonyl (C=O) groups is 2. The van der Waals surface area contributed by atoms with Crippen molar-refractivity contribution < 1.29 is 14.3 Å². The summed E-state index contributed by atoms with van der Waals surface area (Å²) in [6.45, 7) is 5.21. The normalized spacial score (nSPS) is 14.3. The van der Waals surface area contributed by atoms with Gasteiger partial charge in [0, 0.05) is 25.8 Å². The summed E-state index contributed by atoms with van der Waals surface area (Å²) in [7, 11) is 0. The summed E-state index contributed by atoms with van der Waals surface area (Å²) in [5.74, 6) is -0.610. The second-order valence-electron chi connectivity index (χ2n) is 8.89. The Balaban J connectivity index is 1.70. The van der Waals surface area contributed by atoms with Crippen LogP contribution in [0.25, 0.3) is 11.7 Å². The van der Waals surface area contributed by atoms with Crippen LogP contribution < -0.4 is 15.8 Å². The van der Waals surface area contributed by atoms with Gasteiger partial charge in [0.1, 0.15) is 23.1 Å². The van der Waals surface area contributed by atoms with Crippen LogP contribution in [-0.2, 0) is 20.9 Å². The van der Waals surface area contributed by atoms with E-state index in [1.54, 1.807) is 19.2 Å². The summed E-state index contributed by atoms with van der Waals surface area (Å²) in [5, 5.41) is 12.5. The number of benzene rings is 1. The van der Waals surface area contributed by atoms with Gasteiger partial charge < -0.3 is 15.0 Å². The molecule has 9 heteroatoms. The van der Waals surface area contributed by atoms with Gasteiger partial charge in [0.2, 0.25) is 0 Å². The maximum atomic E-state index is 13.6. The number of rotatable bonds is 7. The Hall–Kier alpha value is -4.45. The number of pyridine rings is 1. The van der Waals surface area contributed by atoms with Crippen molar-refractivity contribution in [3.63, 3.8) is 0 Å². The molecule has 0 radical (unpaired) electrons. The van der Waals surface area contributed by atoms with Gasteiger partial charge in [0.25, 0.3) is 11.5 Å². The molecule has 1 aliphatic heterocycles. The van der Waals surface area contributed by atoms with Crippen LogP contribution in [-0.4, -0.2) is 41.0 Å². The molecule has 1 amide bonds. The number of piperidine rings is 1. The number of esters is 1. The van der Waals surface area contributed by atoms with Crippen molar-refractivity contribution in [1.29, 1.82) is 5.26 Å². The molecule has 0 spiro atoms. The largest absolute Gasteiger partial charge is 0.466 e. The molecule has 1 saturated heterocycles. The number of fused-ring (bicyclic) bond motifs is 1. The number of nitriles is 1. The Morgan fingerprint density at radius 2 is 1.92 bits per heavy atom. The summed E-state index contributed by atoms with van der Waals surface area (Å²) in [5.41, 5.74) is 1.80. The van der Waals surface area contributed by atoms with Crippen LogP contribution in [0.1, 0.15) is 36.5 Å². The van der Waals surface area contributed by atoms with Crippen LogP contribution in [0.5, 0.6) is 0 Å². The lowest BCUT2D eigenvalue weighted by molar-refractivity contribution is -0.148. The average Bonchev–Trinajstić information content (AvgIpc) is 2.92. The number of nitrogens with one attached hydrogen (secondary N) is 1. The lowest BCUT2D eigenvalue weighted by atomic mass is 9.96. The number of nitrogens with zero attached hydrogens (tertiary/aromatic N) is 4. The Labute approximate surface area is 215 Å². The first kappa shape index (κ1) is 25.6. The maximum absolute atomic E-state index is 13.6. The van der Waals surface area contributed by atoms with Gasteiger partial charge in [-0.05, 0) is 50.0 Å². The molecule has 0 atom stereocenters. The molecule has 1 aliphatic rings. The number of hydrogen-bond donors (Lipinski definition) is 1. The number of carbonyl (C=O) groups excluding carboxylic acids is 2. The highest BCUT2D eigenvalue weighted by Gasteiger charge is 2.29. The highest BCUT2D eigenvalue weighted by molar-refractivity contribution is 6.02. The molecular formula is C28H29N5O4. The molecule has 0 saturated carbocycles. The topological polar surface area (TPSA) is 117 Å². The number of aromatic nitrogens is 2. The maximum Gasteiger partial charge on any atom is 0.309 e. The fourth-order valence-electron chi connectivity index (χ4n) is 4.42. The van der Waals surface area contributed by atoms with Crippen LogP contribution in [0.4, 0.5) is 5.82 Å². The Kier molecular flexibility index (Phi) is 7.98. The summed E-state index contributed by atoms with van der Waals surface area (Å²) < 4.78 is 6.59. The summed E-state index contributed by atoms with van der Waals surface area (Å²) in [6.07, 6.45) is 4.05. The first-order valence-corrected chi connectivity index (χ1v) is 12.3. The van der Waals surface area contributed by atoms with Gasteiger partial charge in [-0.2, -0.15) is 5.26 Å². The fourth-order valence-corrected chi connectivity index (χ4v) is 4.42. The van der Waals surface area contributed by atoms with Crippen LogP contribution >= 0.6 is 0 Å². The van der Waals surface area contributed by atoms with E-state index in [-0.39, 0.29) is 35.1 Å². The lowest BCUT2D eigenvalue weighted by Crippen LogP contribution is -2.39. The van der Waals surface area contributed by atoms with Gasteiger partial charge in [-0.1, -0.05) is 36.4 Å². The van der Waals surface area contributed by atoms with E-state index < -0.39 is 5.91 Å². The number of aryl methyl sites for hydroxylation is 1. The van der Waals surface area contributed by atoms with E-state index in [1.807, 2.05) is 54.3 Å². The summed E-state index contributed by atoms with van der Waals surface area (Å²) in [6, 6.07) is 14.9. The van der Waals surface area contributed by atoms with E-state index in [0.29, 0.717) is 44.0 Å². The number of amides is 1. The van der Waals surface area contributed by atoms with Gasteiger partial charge in [0.15, 0.2) is 0 Å². The van der Waals surface area contributed by atoms with E-state index in [2.05, 4.69) is 5.32 Å². The molecule has 1 N–H and O–H groups in total. The second-order valence-corrected chi connectivity index (χ2v) is 8.89. The van der Waals surface area contributed by atoms with Crippen molar-refractivity contribution in [3.8, 4) is 6.07 Å². The van der Waals surface area contributed by atoms with Gasteiger partial charge >= 0.3 is 5.97 Å². The summed E-state index contributed by atoms with van der Waals surface area (Å²) in [4.78, 5) is 45.4. The zero-order valence-electron chi connectivity index (χ0n) is 20.9. The third kappa shape index (κ3) is 5.70. The molecule has 2 aromatic heterocycles. The zero-order valence-corrected chi connectivity index (χ0v) is 20.9. The highest BCUT2D eigenvalue weighted by atomic mass is 16.5. The number of ether oxygens (including phenoxy) is 1. The highest BCUT2D eigenvalue weighted by Crippen LogP contribution is 2.26. The molecule has 0 bridgehead atoms. The van der Waals surface area contributed by atoms with E-state index in [0.717, 1.165) is 11.1 Å². The van der Waals surface area contributed by atoms with E-state index >= 15 is 0 Å². The van der Waals surface area contributed by atoms with Crippen molar-refractivity contribution in [2.24, 2.45) is 5.92 Å². The molecule has 37 heavy (non-hydrogen) atoms. The molecule has 3 aromatic rings. The minimum atomic E-state index is -0.577. The molecule has 9 nitrogen and oxygen atoms in total. The van der Waals surface area contributed by atoms with Crippen molar-refractivity contribution >= 4 is 29.4 Å². The average molecular weight is 500 g/mol. The van der Waals surface area contributed by atoms with E-state index in [9.17, 15) is 19.6 Å². The van der Waals surface area contributed by atoms with E-state index in [1.165, 1.54) is 10.5 Å². The molecule has 0 unspecified atom stereocenters. The quantitative estimate of drug-likeness (QED) is 0.302. The van der Waals surface area contributed by atoms with Crippen LogP contribution in [0.15, 0.2) is 59.0 Å². The van der Waals surface area contributed by atoms with Gasteiger partial charge in [-0.25, -0.2) is 4.98 Å². The third-order valence-corrected chi connectivity index (χ3v) is 6.43. The minimum Gasteiger partial charge on any atom is -0.466 e. The minimum absolute atomic E-state index is 0.157. The zero-order chi connectivity index (χ0) is 26.4. The first-order chi connectivity index (χ1) is 17.9. The second kappa shape index (κ2) is 11.5. The standard InChI is InChI=1S/C28H29N5O4/c1-3-37-28(36)21-11-14-32(15-12-21)25-23(27(35)33-13-7-8-19(2)24(33)31-25)16-22(17-29)26(34)30-18-20-9-5-4-6-10-20/h4-10,13,16,21H,3,11-12,14-15,18H2,1-2H3,(H,30,34)/b22-16+. The monoisotopic (exact) mass is 499 g/mol. The number of hydrogen-bond acceptors (Lipinski definition) is 7.